The number of hydrogen-bond donors (Lipinski definition) is 0. The van der Waals surface area contributed by atoms with Crippen LogP contribution in [0.2, 0.25) is 0 Å². The van der Waals surface area contributed by atoms with Crippen LogP contribution in [0, 0.1) is 0 Å². The highest BCUT2D eigenvalue weighted by atomic mass is 32.2. The lowest BCUT2D eigenvalue weighted by atomic mass is 10.4. The van der Waals surface area contributed by atoms with Crippen molar-refractivity contribution in [3.63, 3.8) is 0 Å². The first kappa shape index (κ1) is 9.05. The van der Waals surface area contributed by atoms with Crippen LogP contribution in [0.25, 0.3) is 0 Å². The number of ether oxygens (including phenoxy) is 1. The normalized spacial score (nSPS) is 15.8. The van der Waals surface area contributed by atoms with Crippen molar-refractivity contribution < 1.29 is 4.74 Å². The van der Waals surface area contributed by atoms with E-state index in [1.165, 1.54) is 4.91 Å². The average Bonchev–Trinajstić information content (AvgIpc) is 1.87. The summed E-state index contributed by atoms with van der Waals surface area (Å²) >= 11 is 1.75. The third-order valence-electron chi connectivity index (χ3n) is 1.16. The lowest BCUT2D eigenvalue weighted by Gasteiger charge is -2.03. The summed E-state index contributed by atoms with van der Waals surface area (Å²) in [5, 5.41) is 0. The van der Waals surface area contributed by atoms with Gasteiger partial charge in [-0.3, -0.25) is 0 Å². The Hall–Kier alpha value is 0.0500. The molecule has 2 heteroatoms. The van der Waals surface area contributed by atoms with Crippen LogP contribution in [0.1, 0.15) is 13.8 Å². The molecule has 1 unspecified atom stereocenters. The van der Waals surface area contributed by atoms with Gasteiger partial charge in [0.1, 0.15) is 0 Å². The number of hydrogen-bond acceptors (Lipinski definition) is 2. The van der Waals surface area contributed by atoms with Crippen molar-refractivity contribution in [3.05, 3.63) is 11.0 Å². The number of thioether (sulfide) groups is 1. The van der Waals surface area contributed by atoms with E-state index in [-0.39, 0.29) is 6.10 Å². The molecule has 0 N–H and O–H groups in total. The first-order valence-electron chi connectivity index (χ1n) is 2.96. The molecule has 0 spiro atoms. The van der Waals surface area contributed by atoms with E-state index in [1.54, 1.807) is 18.9 Å². The van der Waals surface area contributed by atoms with Crippen molar-refractivity contribution in [1.29, 1.82) is 0 Å². The van der Waals surface area contributed by atoms with Gasteiger partial charge in [0.25, 0.3) is 0 Å². The fourth-order valence-corrected chi connectivity index (χ4v) is 0.794. The molecule has 1 nitrogen and oxygen atoms in total. The molecule has 0 aliphatic rings. The van der Waals surface area contributed by atoms with Crippen molar-refractivity contribution in [2.75, 3.05) is 13.4 Å². The van der Waals surface area contributed by atoms with E-state index in [0.717, 1.165) is 0 Å². The Morgan fingerprint density at radius 2 is 2.22 bits per heavy atom. The van der Waals surface area contributed by atoms with Gasteiger partial charge in [-0.2, -0.15) is 0 Å². The first-order chi connectivity index (χ1) is 4.20. The monoisotopic (exact) mass is 146 g/mol. The van der Waals surface area contributed by atoms with Crippen LogP contribution in [0.5, 0.6) is 0 Å². The second-order valence-electron chi connectivity index (χ2n) is 1.92. The second kappa shape index (κ2) is 4.89. The van der Waals surface area contributed by atoms with Gasteiger partial charge < -0.3 is 4.74 Å². The Bertz CT molecular complexity index is 99.1. The van der Waals surface area contributed by atoms with Crippen molar-refractivity contribution in [3.8, 4) is 0 Å². The van der Waals surface area contributed by atoms with Gasteiger partial charge in [0.15, 0.2) is 0 Å². The zero-order valence-corrected chi connectivity index (χ0v) is 7.29. The Balaban J connectivity index is 3.64. The SMILES string of the molecule is COC(C)C=C(C)SC. The lowest BCUT2D eigenvalue weighted by Crippen LogP contribution is -1.99. The smallest absolute Gasteiger partial charge is 0.0734 e. The van der Waals surface area contributed by atoms with Crippen molar-refractivity contribution >= 4 is 11.8 Å². The summed E-state index contributed by atoms with van der Waals surface area (Å²) in [6.45, 7) is 4.11. The third-order valence-corrected chi connectivity index (χ3v) is 1.94. The van der Waals surface area contributed by atoms with E-state index < -0.39 is 0 Å². The molecule has 1 atom stereocenters. The molecule has 0 aromatic carbocycles. The summed E-state index contributed by atoms with van der Waals surface area (Å²) in [4.78, 5) is 1.31. The molecule has 0 saturated heterocycles. The Morgan fingerprint density at radius 3 is 2.56 bits per heavy atom. The molecular formula is C7H14OS. The van der Waals surface area contributed by atoms with E-state index >= 15 is 0 Å². The van der Waals surface area contributed by atoms with Crippen molar-refractivity contribution in [1.82, 2.24) is 0 Å². The van der Waals surface area contributed by atoms with Gasteiger partial charge in [-0.25, -0.2) is 0 Å². The van der Waals surface area contributed by atoms with Gasteiger partial charge in [0.2, 0.25) is 0 Å². The van der Waals surface area contributed by atoms with E-state index in [0.29, 0.717) is 0 Å². The minimum atomic E-state index is 0.248. The van der Waals surface area contributed by atoms with Crippen LogP contribution in [0.15, 0.2) is 11.0 Å². The highest BCUT2D eigenvalue weighted by Crippen LogP contribution is 2.10. The minimum absolute atomic E-state index is 0.248. The fraction of sp³-hybridized carbons (Fsp3) is 0.714. The summed E-state index contributed by atoms with van der Waals surface area (Å²) in [6.07, 6.45) is 4.41. The molecule has 0 aromatic rings. The first-order valence-corrected chi connectivity index (χ1v) is 4.18. The minimum Gasteiger partial charge on any atom is -0.378 e. The topological polar surface area (TPSA) is 9.23 Å². The molecule has 0 aliphatic heterocycles. The molecule has 0 aliphatic carbocycles. The van der Waals surface area contributed by atoms with Gasteiger partial charge in [-0.05, 0) is 31.1 Å². The predicted molar refractivity (Wildman–Crippen MR) is 43.7 cm³/mol. The summed E-state index contributed by atoms with van der Waals surface area (Å²) in [5.74, 6) is 0. The molecule has 0 fully saturated rings. The number of methoxy groups -OCH3 is 1. The van der Waals surface area contributed by atoms with Gasteiger partial charge in [0, 0.05) is 7.11 Å². The van der Waals surface area contributed by atoms with Crippen LogP contribution in [-0.4, -0.2) is 19.5 Å². The average molecular weight is 146 g/mol. The van der Waals surface area contributed by atoms with Gasteiger partial charge in [0.05, 0.1) is 6.10 Å². The van der Waals surface area contributed by atoms with Crippen molar-refractivity contribution in [2.45, 2.75) is 20.0 Å². The molecule has 54 valence electrons. The molecule has 0 rings (SSSR count). The van der Waals surface area contributed by atoms with Crippen LogP contribution in [-0.2, 0) is 4.74 Å². The van der Waals surface area contributed by atoms with Crippen LogP contribution >= 0.6 is 11.8 Å². The number of allylic oxidation sites excluding steroid dienone is 1. The molecule has 0 bridgehead atoms. The summed E-state index contributed by atoms with van der Waals surface area (Å²) in [5.41, 5.74) is 0. The number of rotatable bonds is 3. The van der Waals surface area contributed by atoms with Gasteiger partial charge >= 0.3 is 0 Å². The lowest BCUT2D eigenvalue weighted by molar-refractivity contribution is 0.156. The molecule has 0 heterocycles. The zero-order chi connectivity index (χ0) is 7.28. The maximum atomic E-state index is 5.03. The van der Waals surface area contributed by atoms with E-state index in [4.69, 9.17) is 4.74 Å². The molecule has 0 aromatic heterocycles. The maximum absolute atomic E-state index is 5.03. The molecule has 0 radical (unpaired) electrons. The Kier molecular flexibility index (Phi) is 4.91. The third kappa shape index (κ3) is 4.55. The van der Waals surface area contributed by atoms with Crippen LogP contribution in [0.3, 0.4) is 0 Å². The van der Waals surface area contributed by atoms with E-state index in [1.807, 2.05) is 6.92 Å². The summed E-state index contributed by atoms with van der Waals surface area (Å²) < 4.78 is 5.03. The largest absolute Gasteiger partial charge is 0.378 e. The molecular weight excluding hydrogens is 132 g/mol. The fourth-order valence-electron chi connectivity index (χ4n) is 0.467. The highest BCUT2D eigenvalue weighted by molar-refractivity contribution is 8.02. The Labute approximate surface area is 61.5 Å². The summed E-state index contributed by atoms with van der Waals surface area (Å²) in [6, 6.07) is 0. The molecule has 9 heavy (non-hydrogen) atoms. The molecule has 0 saturated carbocycles. The standard InChI is InChI=1S/C7H14OS/c1-6(8-3)5-7(2)9-4/h5-6H,1-4H3. The van der Waals surface area contributed by atoms with E-state index in [9.17, 15) is 0 Å². The second-order valence-corrected chi connectivity index (χ2v) is 2.97. The summed E-state index contributed by atoms with van der Waals surface area (Å²) in [7, 11) is 1.72. The van der Waals surface area contributed by atoms with Crippen LogP contribution in [0.4, 0.5) is 0 Å². The van der Waals surface area contributed by atoms with Crippen LogP contribution < -0.4 is 0 Å². The van der Waals surface area contributed by atoms with Gasteiger partial charge in [-0.15, -0.1) is 11.8 Å². The van der Waals surface area contributed by atoms with Crippen molar-refractivity contribution in [2.24, 2.45) is 0 Å². The highest BCUT2D eigenvalue weighted by Gasteiger charge is 1.92. The van der Waals surface area contributed by atoms with E-state index in [2.05, 4.69) is 19.3 Å². The Morgan fingerprint density at radius 1 is 1.67 bits per heavy atom. The quantitative estimate of drug-likeness (QED) is 0.604. The predicted octanol–water partition coefficient (Wildman–Crippen LogP) is 2.29. The maximum Gasteiger partial charge on any atom is 0.0734 e. The molecule has 0 amide bonds. The zero-order valence-electron chi connectivity index (χ0n) is 6.47. The van der Waals surface area contributed by atoms with Gasteiger partial charge in [-0.1, -0.05) is 0 Å².